The Hall–Kier alpha value is -4.88. The fourth-order valence-electron chi connectivity index (χ4n) is 5.43. The van der Waals surface area contributed by atoms with E-state index in [2.05, 4.69) is 46.0 Å². The van der Waals surface area contributed by atoms with E-state index in [1.807, 2.05) is 75.4 Å². The average Bonchev–Trinajstić information content (AvgIpc) is 3.01. The standard InChI is InChI=1S/C36H33N3O3S/c1-25-9-15-29(16-10-25)35-38(24-28-7-5-4-6-8-28)34-22-21-32(43(41,42)37-30-17-11-26(2)12-18-30)23-33(34)36(40)39(35)31-19-13-27(3)14-20-31/h4-23,35,37H,24H2,1-3H3/t35-/m1/s1. The molecule has 43 heavy (non-hydrogen) atoms. The van der Waals surface area contributed by atoms with Crippen LogP contribution in [0.1, 0.15) is 44.3 Å². The summed E-state index contributed by atoms with van der Waals surface area (Å²) in [7, 11) is -3.96. The summed E-state index contributed by atoms with van der Waals surface area (Å²) in [4.78, 5) is 18.5. The SMILES string of the molecule is Cc1ccc(NS(=O)(=O)c2ccc3c(c2)C(=O)N(c2ccc(C)cc2)[C@H](c2ccc(C)cc2)N3Cc2ccccc2)cc1. The van der Waals surface area contributed by atoms with Crippen LogP contribution in [0, 0.1) is 20.8 Å². The number of hydrogen-bond donors (Lipinski definition) is 1. The van der Waals surface area contributed by atoms with Crippen molar-refractivity contribution >= 4 is 33.0 Å². The van der Waals surface area contributed by atoms with E-state index in [-0.39, 0.29) is 10.8 Å². The zero-order valence-electron chi connectivity index (χ0n) is 24.4. The van der Waals surface area contributed by atoms with Gasteiger partial charge in [-0.2, -0.15) is 0 Å². The largest absolute Gasteiger partial charge is 0.342 e. The number of carbonyl (C=O) groups is 1. The number of fused-ring (bicyclic) bond motifs is 1. The number of nitrogens with one attached hydrogen (secondary N) is 1. The second kappa shape index (κ2) is 11.4. The molecular formula is C36H33N3O3S. The van der Waals surface area contributed by atoms with Crippen molar-refractivity contribution in [3.05, 3.63) is 155 Å². The third-order valence-electron chi connectivity index (χ3n) is 7.76. The summed E-state index contributed by atoms with van der Waals surface area (Å²) in [6.45, 7) is 6.50. The summed E-state index contributed by atoms with van der Waals surface area (Å²) in [5.41, 5.74) is 7.46. The zero-order chi connectivity index (χ0) is 30.1. The van der Waals surface area contributed by atoms with Crippen molar-refractivity contribution in [2.24, 2.45) is 0 Å². The minimum Gasteiger partial charge on any atom is -0.342 e. The number of amides is 1. The number of hydrogen-bond acceptors (Lipinski definition) is 4. The predicted molar refractivity (Wildman–Crippen MR) is 173 cm³/mol. The molecule has 0 spiro atoms. The van der Waals surface area contributed by atoms with Crippen LogP contribution in [0.25, 0.3) is 0 Å². The molecule has 0 saturated carbocycles. The number of sulfonamides is 1. The highest BCUT2D eigenvalue weighted by Crippen LogP contribution is 2.43. The van der Waals surface area contributed by atoms with Crippen LogP contribution in [0.4, 0.5) is 17.1 Å². The van der Waals surface area contributed by atoms with Gasteiger partial charge in [0.15, 0.2) is 0 Å². The fraction of sp³-hybridized carbons (Fsp3) is 0.139. The molecule has 5 aromatic carbocycles. The molecule has 6 nitrogen and oxygen atoms in total. The number of benzene rings is 5. The maximum absolute atomic E-state index is 14.5. The molecule has 1 amide bonds. The van der Waals surface area contributed by atoms with E-state index in [0.717, 1.165) is 33.5 Å². The van der Waals surface area contributed by atoms with Crippen molar-refractivity contribution in [1.29, 1.82) is 0 Å². The van der Waals surface area contributed by atoms with Gasteiger partial charge in [-0.15, -0.1) is 0 Å². The molecule has 5 aromatic rings. The Bertz CT molecular complexity index is 1870. The van der Waals surface area contributed by atoms with Crippen molar-refractivity contribution in [3.8, 4) is 0 Å². The molecule has 0 radical (unpaired) electrons. The number of rotatable bonds is 7. The van der Waals surface area contributed by atoms with Crippen LogP contribution in [0.2, 0.25) is 0 Å². The molecule has 0 aliphatic carbocycles. The first-order valence-electron chi connectivity index (χ1n) is 14.2. The van der Waals surface area contributed by atoms with Gasteiger partial charge < -0.3 is 4.90 Å². The molecule has 216 valence electrons. The van der Waals surface area contributed by atoms with Crippen LogP contribution in [0.15, 0.2) is 126 Å². The summed E-state index contributed by atoms with van der Waals surface area (Å²) < 4.78 is 29.7. The van der Waals surface area contributed by atoms with Crippen LogP contribution >= 0.6 is 0 Å². The highest BCUT2D eigenvalue weighted by molar-refractivity contribution is 7.92. The molecule has 0 fully saturated rings. The summed E-state index contributed by atoms with van der Waals surface area (Å²) in [5.74, 6) is -0.263. The van der Waals surface area contributed by atoms with Gasteiger partial charge in [-0.1, -0.05) is 95.6 Å². The van der Waals surface area contributed by atoms with Crippen LogP contribution < -0.4 is 14.5 Å². The van der Waals surface area contributed by atoms with Gasteiger partial charge in [0.1, 0.15) is 6.17 Å². The Morgan fingerprint density at radius 2 is 1.28 bits per heavy atom. The van der Waals surface area contributed by atoms with Gasteiger partial charge in [-0.05, 0) is 74.4 Å². The molecule has 0 aromatic heterocycles. The Kier molecular flexibility index (Phi) is 7.50. The second-order valence-corrected chi connectivity index (χ2v) is 12.7. The van der Waals surface area contributed by atoms with Gasteiger partial charge in [0.05, 0.1) is 16.1 Å². The van der Waals surface area contributed by atoms with E-state index >= 15 is 0 Å². The molecule has 0 bridgehead atoms. The highest BCUT2D eigenvalue weighted by Gasteiger charge is 2.40. The molecule has 1 aliphatic rings. The Balaban J connectivity index is 1.52. The number of aryl methyl sites for hydroxylation is 3. The molecule has 7 heteroatoms. The van der Waals surface area contributed by atoms with E-state index in [1.54, 1.807) is 29.2 Å². The van der Waals surface area contributed by atoms with Crippen LogP contribution in [0.3, 0.4) is 0 Å². The summed E-state index contributed by atoms with van der Waals surface area (Å²) in [5, 5.41) is 0. The summed E-state index contributed by atoms with van der Waals surface area (Å²) in [6, 6.07) is 38.1. The van der Waals surface area contributed by atoms with Crippen molar-refractivity contribution in [1.82, 2.24) is 0 Å². The fourth-order valence-corrected chi connectivity index (χ4v) is 6.52. The summed E-state index contributed by atoms with van der Waals surface area (Å²) in [6.07, 6.45) is -0.461. The second-order valence-electron chi connectivity index (χ2n) is 11.1. The Morgan fingerprint density at radius 3 is 1.91 bits per heavy atom. The molecule has 1 atom stereocenters. The van der Waals surface area contributed by atoms with Gasteiger partial charge in [0.2, 0.25) is 0 Å². The molecule has 0 saturated heterocycles. The maximum atomic E-state index is 14.5. The van der Waals surface area contributed by atoms with Crippen LogP contribution in [-0.2, 0) is 16.6 Å². The lowest BCUT2D eigenvalue weighted by Gasteiger charge is -2.46. The summed E-state index contributed by atoms with van der Waals surface area (Å²) >= 11 is 0. The van der Waals surface area contributed by atoms with Gasteiger partial charge in [0.25, 0.3) is 15.9 Å². The Labute approximate surface area is 253 Å². The lowest BCUT2D eigenvalue weighted by atomic mass is 9.98. The van der Waals surface area contributed by atoms with Crippen molar-refractivity contribution in [3.63, 3.8) is 0 Å². The minimum atomic E-state index is -3.96. The third-order valence-corrected chi connectivity index (χ3v) is 9.14. The first-order chi connectivity index (χ1) is 20.7. The molecule has 6 rings (SSSR count). The van der Waals surface area contributed by atoms with E-state index in [9.17, 15) is 13.2 Å². The lowest BCUT2D eigenvalue weighted by molar-refractivity contribution is 0.0968. The highest BCUT2D eigenvalue weighted by atomic mass is 32.2. The van der Waals surface area contributed by atoms with E-state index in [1.165, 1.54) is 6.07 Å². The maximum Gasteiger partial charge on any atom is 0.262 e. The average molecular weight is 588 g/mol. The monoisotopic (exact) mass is 587 g/mol. The lowest BCUT2D eigenvalue weighted by Crippen LogP contribution is -2.49. The number of anilines is 3. The van der Waals surface area contributed by atoms with E-state index in [4.69, 9.17) is 0 Å². The van der Waals surface area contributed by atoms with Gasteiger partial charge in [-0.25, -0.2) is 8.42 Å². The first kappa shape index (κ1) is 28.2. The number of nitrogens with zero attached hydrogens (tertiary/aromatic N) is 2. The number of carbonyl (C=O) groups excluding carboxylic acids is 1. The zero-order valence-corrected chi connectivity index (χ0v) is 25.2. The van der Waals surface area contributed by atoms with Crippen LogP contribution in [0.5, 0.6) is 0 Å². The molecule has 1 N–H and O–H groups in total. The van der Waals surface area contributed by atoms with E-state index < -0.39 is 16.2 Å². The topological polar surface area (TPSA) is 69.7 Å². The quantitative estimate of drug-likeness (QED) is 0.211. The predicted octanol–water partition coefficient (Wildman–Crippen LogP) is 7.78. The third kappa shape index (κ3) is 5.76. The van der Waals surface area contributed by atoms with Crippen molar-refractivity contribution < 1.29 is 13.2 Å². The van der Waals surface area contributed by atoms with E-state index in [0.29, 0.717) is 23.5 Å². The molecule has 0 unspecified atom stereocenters. The van der Waals surface area contributed by atoms with Crippen molar-refractivity contribution in [2.45, 2.75) is 38.4 Å². The van der Waals surface area contributed by atoms with Gasteiger partial charge >= 0.3 is 0 Å². The first-order valence-corrected chi connectivity index (χ1v) is 15.7. The van der Waals surface area contributed by atoms with Gasteiger partial charge in [0, 0.05) is 17.9 Å². The molecular weight excluding hydrogens is 554 g/mol. The smallest absolute Gasteiger partial charge is 0.262 e. The minimum absolute atomic E-state index is 0.0254. The molecule has 1 heterocycles. The molecule has 1 aliphatic heterocycles. The van der Waals surface area contributed by atoms with Crippen LogP contribution in [-0.4, -0.2) is 14.3 Å². The Morgan fingerprint density at radius 1 is 0.698 bits per heavy atom. The van der Waals surface area contributed by atoms with Gasteiger partial charge in [-0.3, -0.25) is 14.4 Å². The normalized spacial score (nSPS) is 14.9. The van der Waals surface area contributed by atoms with Crippen molar-refractivity contribution in [2.75, 3.05) is 14.5 Å².